The minimum Gasteiger partial charge on any atom is -0.396 e. The van der Waals surface area contributed by atoms with Crippen LogP contribution in [0.4, 0.5) is 0 Å². The van der Waals surface area contributed by atoms with Crippen LogP contribution in [-0.2, 0) is 10.0 Å². The van der Waals surface area contributed by atoms with Gasteiger partial charge < -0.3 is 5.11 Å². The van der Waals surface area contributed by atoms with Crippen molar-refractivity contribution < 1.29 is 13.5 Å². The summed E-state index contributed by atoms with van der Waals surface area (Å²) in [6, 6.07) is 0. The molecule has 1 N–H and O–H groups in total. The smallest absolute Gasteiger partial charge is 0.214 e. The lowest BCUT2D eigenvalue weighted by atomic mass is 10.0. The predicted molar refractivity (Wildman–Crippen MR) is 64.7 cm³/mol. The molecule has 0 aromatic carbocycles. The van der Waals surface area contributed by atoms with Gasteiger partial charge in [-0.2, -0.15) is 0 Å². The Hall–Kier alpha value is -0.130. The predicted octanol–water partition coefficient (Wildman–Crippen LogP) is 1.21. The van der Waals surface area contributed by atoms with Crippen LogP contribution in [0.15, 0.2) is 0 Å². The lowest BCUT2D eigenvalue weighted by Gasteiger charge is -2.16. The molecule has 1 heterocycles. The van der Waals surface area contributed by atoms with Gasteiger partial charge in [0.2, 0.25) is 10.0 Å². The molecule has 4 nitrogen and oxygen atoms in total. The van der Waals surface area contributed by atoms with E-state index in [0.29, 0.717) is 31.8 Å². The fourth-order valence-corrected chi connectivity index (χ4v) is 3.87. The molecule has 0 amide bonds. The zero-order valence-electron chi connectivity index (χ0n) is 10.1. The van der Waals surface area contributed by atoms with E-state index in [9.17, 15) is 8.42 Å². The van der Waals surface area contributed by atoms with Crippen LogP contribution in [0.2, 0.25) is 0 Å². The summed E-state index contributed by atoms with van der Waals surface area (Å²) in [6.07, 6.45) is 4.40. The van der Waals surface area contributed by atoms with Crippen molar-refractivity contribution in [2.24, 2.45) is 5.92 Å². The number of unbranched alkanes of at least 4 members (excludes halogenated alkanes) is 1. The van der Waals surface area contributed by atoms with Crippen LogP contribution >= 0.6 is 0 Å². The zero-order chi connectivity index (χ0) is 12.0. The molecule has 0 radical (unpaired) electrons. The van der Waals surface area contributed by atoms with Gasteiger partial charge in [-0.15, -0.1) is 0 Å². The van der Waals surface area contributed by atoms with E-state index in [1.165, 1.54) is 0 Å². The van der Waals surface area contributed by atoms with Gasteiger partial charge in [0.15, 0.2) is 0 Å². The van der Waals surface area contributed by atoms with E-state index in [0.717, 1.165) is 19.3 Å². The summed E-state index contributed by atoms with van der Waals surface area (Å²) in [7, 11) is -3.06. The number of aliphatic hydroxyl groups is 1. The fraction of sp³-hybridized carbons (Fsp3) is 1.00. The Labute approximate surface area is 98.7 Å². The maximum atomic E-state index is 11.9. The molecule has 16 heavy (non-hydrogen) atoms. The molecular weight excluding hydrogens is 226 g/mol. The van der Waals surface area contributed by atoms with Crippen LogP contribution in [0, 0.1) is 5.92 Å². The van der Waals surface area contributed by atoms with Crippen LogP contribution in [0.5, 0.6) is 0 Å². The molecule has 1 aliphatic rings. The third-order valence-electron chi connectivity index (χ3n) is 3.15. The Kier molecular flexibility index (Phi) is 5.72. The van der Waals surface area contributed by atoms with Gasteiger partial charge in [-0.3, -0.25) is 0 Å². The molecular formula is C11H23NO3S. The van der Waals surface area contributed by atoms with Crippen LogP contribution < -0.4 is 0 Å². The summed E-state index contributed by atoms with van der Waals surface area (Å²) in [5, 5.41) is 8.63. The Morgan fingerprint density at radius 1 is 1.38 bits per heavy atom. The quantitative estimate of drug-likeness (QED) is 0.690. The van der Waals surface area contributed by atoms with E-state index >= 15 is 0 Å². The van der Waals surface area contributed by atoms with Crippen molar-refractivity contribution in [3.05, 3.63) is 0 Å². The first kappa shape index (κ1) is 13.9. The second-order valence-corrected chi connectivity index (χ2v) is 6.64. The Morgan fingerprint density at radius 3 is 2.75 bits per heavy atom. The zero-order valence-corrected chi connectivity index (χ0v) is 10.9. The van der Waals surface area contributed by atoms with Crippen molar-refractivity contribution in [1.29, 1.82) is 0 Å². The van der Waals surface area contributed by atoms with Gasteiger partial charge in [0.05, 0.1) is 5.75 Å². The molecule has 0 bridgehead atoms. The lowest BCUT2D eigenvalue weighted by molar-refractivity contribution is 0.287. The average Bonchev–Trinajstić information content (AvgIpc) is 2.68. The number of sulfonamides is 1. The summed E-state index contributed by atoms with van der Waals surface area (Å²) in [4.78, 5) is 0. The topological polar surface area (TPSA) is 57.6 Å². The molecule has 96 valence electrons. The highest BCUT2D eigenvalue weighted by Crippen LogP contribution is 2.23. The Balaban J connectivity index is 2.39. The third kappa shape index (κ3) is 4.03. The van der Waals surface area contributed by atoms with Gasteiger partial charge in [0.25, 0.3) is 0 Å². The van der Waals surface area contributed by atoms with E-state index in [1.807, 2.05) is 0 Å². The van der Waals surface area contributed by atoms with Gasteiger partial charge in [0, 0.05) is 19.7 Å². The van der Waals surface area contributed by atoms with Crippen molar-refractivity contribution in [3.8, 4) is 0 Å². The van der Waals surface area contributed by atoms with Crippen molar-refractivity contribution in [1.82, 2.24) is 4.31 Å². The van der Waals surface area contributed by atoms with Gasteiger partial charge >= 0.3 is 0 Å². The average molecular weight is 249 g/mol. The largest absolute Gasteiger partial charge is 0.396 e. The molecule has 0 aromatic rings. The summed E-state index contributed by atoms with van der Waals surface area (Å²) < 4.78 is 25.4. The Bertz CT molecular complexity index is 290. The van der Waals surface area contributed by atoms with Crippen LogP contribution in [0.1, 0.15) is 39.0 Å². The fourth-order valence-electron chi connectivity index (χ4n) is 2.22. The van der Waals surface area contributed by atoms with E-state index in [4.69, 9.17) is 5.11 Å². The normalized spacial score (nSPS) is 22.8. The number of hydrogen-bond acceptors (Lipinski definition) is 3. The number of nitrogens with zero attached hydrogens (tertiary/aromatic N) is 1. The molecule has 1 saturated heterocycles. The van der Waals surface area contributed by atoms with E-state index in [1.54, 1.807) is 4.31 Å². The molecule has 1 unspecified atom stereocenters. The van der Waals surface area contributed by atoms with Gasteiger partial charge in [-0.05, 0) is 31.6 Å². The molecule has 1 rings (SSSR count). The number of rotatable bonds is 7. The summed E-state index contributed by atoms with van der Waals surface area (Å²) in [6.45, 7) is 3.60. The van der Waals surface area contributed by atoms with Crippen molar-refractivity contribution in [2.45, 2.75) is 39.0 Å². The second-order valence-electron chi connectivity index (χ2n) is 4.55. The highest BCUT2D eigenvalue weighted by atomic mass is 32.2. The highest BCUT2D eigenvalue weighted by molar-refractivity contribution is 7.89. The molecule has 1 atom stereocenters. The summed E-state index contributed by atoms with van der Waals surface area (Å²) >= 11 is 0. The van der Waals surface area contributed by atoms with E-state index in [-0.39, 0.29) is 12.4 Å². The van der Waals surface area contributed by atoms with Gasteiger partial charge in [-0.1, -0.05) is 13.3 Å². The first-order chi connectivity index (χ1) is 7.60. The molecule has 0 saturated carbocycles. The maximum Gasteiger partial charge on any atom is 0.214 e. The molecule has 0 spiro atoms. The van der Waals surface area contributed by atoms with E-state index < -0.39 is 10.0 Å². The maximum absolute atomic E-state index is 11.9. The van der Waals surface area contributed by atoms with Crippen LogP contribution in [0.3, 0.4) is 0 Å². The first-order valence-corrected chi connectivity index (χ1v) is 7.79. The summed E-state index contributed by atoms with van der Waals surface area (Å²) in [5.41, 5.74) is 0. The minimum atomic E-state index is -3.06. The number of hydrogen-bond donors (Lipinski definition) is 1. The van der Waals surface area contributed by atoms with Crippen LogP contribution in [0.25, 0.3) is 0 Å². The molecule has 1 aliphatic heterocycles. The van der Waals surface area contributed by atoms with Gasteiger partial charge in [-0.25, -0.2) is 12.7 Å². The standard InChI is InChI=1S/C11H23NO3S/c1-2-5-11-6-7-12(10-11)16(14,15)9-4-3-8-13/h11,13H,2-10H2,1H3. The highest BCUT2D eigenvalue weighted by Gasteiger charge is 2.30. The third-order valence-corrected chi connectivity index (χ3v) is 5.07. The minimum absolute atomic E-state index is 0.0774. The van der Waals surface area contributed by atoms with Crippen molar-refractivity contribution in [2.75, 3.05) is 25.4 Å². The van der Waals surface area contributed by atoms with Crippen molar-refractivity contribution in [3.63, 3.8) is 0 Å². The SMILES string of the molecule is CCCC1CCN(S(=O)(=O)CCCCO)C1. The monoisotopic (exact) mass is 249 g/mol. The second kappa shape index (κ2) is 6.57. The van der Waals surface area contributed by atoms with Gasteiger partial charge in [0.1, 0.15) is 0 Å². The molecule has 0 aliphatic carbocycles. The summed E-state index contributed by atoms with van der Waals surface area (Å²) in [5.74, 6) is 0.740. The lowest BCUT2D eigenvalue weighted by Crippen LogP contribution is -2.31. The first-order valence-electron chi connectivity index (χ1n) is 6.19. The Morgan fingerprint density at radius 2 is 2.12 bits per heavy atom. The van der Waals surface area contributed by atoms with Crippen molar-refractivity contribution >= 4 is 10.0 Å². The van der Waals surface area contributed by atoms with Crippen LogP contribution in [-0.4, -0.2) is 43.3 Å². The molecule has 0 aromatic heterocycles. The molecule has 1 fully saturated rings. The van der Waals surface area contributed by atoms with E-state index in [2.05, 4.69) is 6.92 Å². The molecule has 5 heteroatoms. The number of aliphatic hydroxyl groups excluding tert-OH is 1.